The summed E-state index contributed by atoms with van der Waals surface area (Å²) in [4.78, 5) is 12.8. The molecule has 1 aliphatic heterocycles. The molecule has 138 valence electrons. The van der Waals surface area contributed by atoms with Crippen LogP contribution in [0, 0.1) is 22.7 Å². The van der Waals surface area contributed by atoms with Gasteiger partial charge in [0, 0.05) is 11.0 Å². The minimum Gasteiger partial charge on any atom is -0.472 e. The molecule has 0 amide bonds. The van der Waals surface area contributed by atoms with E-state index in [-0.39, 0.29) is 29.3 Å². The summed E-state index contributed by atoms with van der Waals surface area (Å²) < 4.78 is 10.9. The Morgan fingerprint density at radius 3 is 2.64 bits per heavy atom. The molecular weight excluding hydrogens is 320 g/mol. The summed E-state index contributed by atoms with van der Waals surface area (Å²) >= 11 is 0. The molecule has 1 aromatic heterocycles. The summed E-state index contributed by atoms with van der Waals surface area (Å²) in [5.74, 6) is -0.105. The molecule has 2 saturated carbocycles. The van der Waals surface area contributed by atoms with Crippen LogP contribution in [0.4, 0.5) is 0 Å². The van der Waals surface area contributed by atoms with Gasteiger partial charge in [-0.3, -0.25) is 4.79 Å². The number of ether oxygens (including phenoxy) is 1. The number of carbonyl (C=O) groups excluding carboxylic acids is 1. The maximum absolute atomic E-state index is 12.8. The van der Waals surface area contributed by atoms with Gasteiger partial charge in [0.1, 0.15) is 6.10 Å². The zero-order valence-corrected chi connectivity index (χ0v) is 15.2. The van der Waals surface area contributed by atoms with E-state index in [1.807, 2.05) is 6.07 Å². The van der Waals surface area contributed by atoms with Gasteiger partial charge in [-0.15, -0.1) is 0 Å². The van der Waals surface area contributed by atoms with Crippen LogP contribution < -0.4 is 0 Å². The highest BCUT2D eigenvalue weighted by Crippen LogP contribution is 2.66. The Morgan fingerprint density at radius 1 is 1.20 bits per heavy atom. The number of cyclic esters (lactones) is 1. The van der Waals surface area contributed by atoms with Gasteiger partial charge in [0.15, 0.2) is 0 Å². The fourth-order valence-corrected chi connectivity index (χ4v) is 6.14. The van der Waals surface area contributed by atoms with Crippen LogP contribution in [-0.4, -0.2) is 27.9 Å². The Labute approximate surface area is 148 Å². The maximum Gasteiger partial charge on any atom is 0.310 e. The van der Waals surface area contributed by atoms with Gasteiger partial charge in [0.05, 0.1) is 30.1 Å². The Morgan fingerprint density at radius 2 is 1.96 bits per heavy atom. The van der Waals surface area contributed by atoms with E-state index < -0.39 is 17.1 Å². The van der Waals surface area contributed by atoms with Crippen molar-refractivity contribution < 1.29 is 24.2 Å². The highest BCUT2D eigenvalue weighted by Gasteiger charge is 2.66. The van der Waals surface area contributed by atoms with E-state index in [9.17, 15) is 15.0 Å². The lowest BCUT2D eigenvalue weighted by Gasteiger charge is -2.64. The first-order chi connectivity index (χ1) is 11.7. The summed E-state index contributed by atoms with van der Waals surface area (Å²) in [7, 11) is 0. The van der Waals surface area contributed by atoms with E-state index >= 15 is 0 Å². The number of rotatable bonds is 1. The van der Waals surface area contributed by atoms with Gasteiger partial charge in [-0.05, 0) is 56.4 Å². The third-order valence-electron chi connectivity index (χ3n) is 7.93. The second-order valence-electron chi connectivity index (χ2n) is 8.99. The first kappa shape index (κ1) is 17.1. The minimum absolute atomic E-state index is 0.132. The third-order valence-corrected chi connectivity index (χ3v) is 7.93. The number of aliphatic hydroxyl groups is 2. The fourth-order valence-electron chi connectivity index (χ4n) is 6.14. The highest BCUT2D eigenvalue weighted by atomic mass is 16.5. The molecular formula is C20H28O5. The molecule has 25 heavy (non-hydrogen) atoms. The van der Waals surface area contributed by atoms with Gasteiger partial charge in [-0.2, -0.15) is 0 Å². The molecule has 1 aromatic rings. The van der Waals surface area contributed by atoms with Crippen molar-refractivity contribution in [2.24, 2.45) is 22.7 Å². The topological polar surface area (TPSA) is 79.9 Å². The van der Waals surface area contributed by atoms with Crippen molar-refractivity contribution in [1.82, 2.24) is 0 Å². The first-order valence-electron chi connectivity index (χ1n) is 9.33. The molecule has 0 radical (unpaired) electrons. The highest BCUT2D eigenvalue weighted by molar-refractivity contribution is 5.75. The number of hydrogen-bond donors (Lipinski definition) is 2. The van der Waals surface area contributed by atoms with E-state index in [1.54, 1.807) is 19.5 Å². The molecule has 0 bridgehead atoms. The summed E-state index contributed by atoms with van der Waals surface area (Å²) in [5.41, 5.74) is -0.915. The van der Waals surface area contributed by atoms with Crippen LogP contribution in [0.1, 0.15) is 64.5 Å². The average molecular weight is 348 g/mol. The molecule has 7 atom stereocenters. The van der Waals surface area contributed by atoms with Crippen molar-refractivity contribution in [3.05, 3.63) is 24.2 Å². The minimum atomic E-state index is -1.14. The van der Waals surface area contributed by atoms with Gasteiger partial charge in [0.25, 0.3) is 0 Å². The predicted octanol–water partition coefficient (Wildman–Crippen LogP) is 3.21. The molecule has 4 rings (SSSR count). The van der Waals surface area contributed by atoms with Crippen molar-refractivity contribution in [3.8, 4) is 0 Å². The SMILES string of the molecule is C[C@@]12C[C@H](c3ccoc3)OC(=O)[C@H]1CC[C@@]1(C)[C@H]2CC[C@H](O)[C@@]1(C)O. The van der Waals surface area contributed by atoms with Crippen molar-refractivity contribution in [2.75, 3.05) is 0 Å². The first-order valence-corrected chi connectivity index (χ1v) is 9.33. The van der Waals surface area contributed by atoms with Crippen LogP contribution in [0.5, 0.6) is 0 Å². The molecule has 2 aliphatic carbocycles. The van der Waals surface area contributed by atoms with Gasteiger partial charge < -0.3 is 19.4 Å². The van der Waals surface area contributed by atoms with Crippen LogP contribution in [0.25, 0.3) is 0 Å². The van der Waals surface area contributed by atoms with Gasteiger partial charge in [-0.1, -0.05) is 13.8 Å². The lowest BCUT2D eigenvalue weighted by molar-refractivity contribution is -0.251. The van der Waals surface area contributed by atoms with Gasteiger partial charge in [-0.25, -0.2) is 0 Å². The van der Waals surface area contributed by atoms with Gasteiger partial charge in [0.2, 0.25) is 0 Å². The summed E-state index contributed by atoms with van der Waals surface area (Å²) in [6, 6.07) is 1.85. The number of fused-ring (bicyclic) bond motifs is 3. The van der Waals surface area contributed by atoms with E-state index in [0.717, 1.165) is 24.8 Å². The molecule has 2 heterocycles. The summed E-state index contributed by atoms with van der Waals surface area (Å²) in [6.45, 7) is 6.04. The number of hydrogen-bond acceptors (Lipinski definition) is 5. The van der Waals surface area contributed by atoms with E-state index in [2.05, 4.69) is 13.8 Å². The monoisotopic (exact) mass is 348 g/mol. The number of furan rings is 1. The van der Waals surface area contributed by atoms with Gasteiger partial charge >= 0.3 is 5.97 Å². The zero-order valence-electron chi connectivity index (χ0n) is 15.2. The smallest absolute Gasteiger partial charge is 0.310 e. The van der Waals surface area contributed by atoms with E-state index in [0.29, 0.717) is 12.8 Å². The molecule has 0 aromatic carbocycles. The molecule has 0 spiro atoms. The second kappa shape index (κ2) is 5.34. The molecule has 3 aliphatic rings. The van der Waals surface area contributed by atoms with Crippen molar-refractivity contribution in [3.63, 3.8) is 0 Å². The molecule has 2 N–H and O–H groups in total. The fraction of sp³-hybridized carbons (Fsp3) is 0.750. The Balaban J connectivity index is 1.74. The second-order valence-corrected chi connectivity index (χ2v) is 8.99. The van der Waals surface area contributed by atoms with Crippen LogP contribution in [0.15, 0.2) is 23.0 Å². The maximum atomic E-state index is 12.8. The lowest BCUT2D eigenvalue weighted by atomic mass is 9.42. The van der Waals surface area contributed by atoms with E-state index in [1.165, 1.54) is 0 Å². The van der Waals surface area contributed by atoms with Crippen LogP contribution in [0.2, 0.25) is 0 Å². The van der Waals surface area contributed by atoms with E-state index in [4.69, 9.17) is 9.15 Å². The Bertz CT molecular complexity index is 666. The Kier molecular flexibility index (Phi) is 3.65. The quantitative estimate of drug-likeness (QED) is 0.762. The summed E-state index contributed by atoms with van der Waals surface area (Å²) in [6.07, 6.45) is 5.79. The number of esters is 1. The zero-order chi connectivity index (χ0) is 18.0. The summed E-state index contributed by atoms with van der Waals surface area (Å²) in [5, 5.41) is 21.6. The average Bonchev–Trinajstić information content (AvgIpc) is 3.06. The molecule has 0 unspecified atom stereocenters. The Hall–Kier alpha value is -1.33. The largest absolute Gasteiger partial charge is 0.472 e. The normalized spacial score (nSPS) is 49.9. The molecule has 3 fully saturated rings. The third kappa shape index (κ3) is 2.18. The van der Waals surface area contributed by atoms with Crippen molar-refractivity contribution in [2.45, 2.75) is 70.7 Å². The lowest BCUT2D eigenvalue weighted by Crippen LogP contribution is -2.66. The standard InChI is InChI=1S/C20H28O5/c1-18-10-14(12-7-9-24-11-12)25-17(22)13(18)6-8-19(2)15(18)4-5-16(21)20(19,3)23/h7,9,11,13-16,21,23H,4-6,8,10H2,1-3H3/t13-,14-,15+,16+,18-,19+,20-/m1/s1. The number of aliphatic hydroxyl groups excluding tert-OH is 1. The molecule has 5 heteroatoms. The van der Waals surface area contributed by atoms with Crippen LogP contribution >= 0.6 is 0 Å². The van der Waals surface area contributed by atoms with Crippen molar-refractivity contribution >= 4 is 5.97 Å². The van der Waals surface area contributed by atoms with Crippen molar-refractivity contribution in [1.29, 1.82) is 0 Å². The number of carbonyl (C=O) groups is 1. The predicted molar refractivity (Wildman–Crippen MR) is 90.5 cm³/mol. The molecule has 5 nitrogen and oxygen atoms in total. The van der Waals surface area contributed by atoms with Crippen LogP contribution in [-0.2, 0) is 9.53 Å². The van der Waals surface area contributed by atoms with Crippen LogP contribution in [0.3, 0.4) is 0 Å². The molecule has 1 saturated heterocycles.